The van der Waals surface area contributed by atoms with E-state index in [1.54, 1.807) is 0 Å². The van der Waals surface area contributed by atoms with Gasteiger partial charge in [-0.3, -0.25) is 4.79 Å². The number of ether oxygens (including phenoxy) is 1. The quantitative estimate of drug-likeness (QED) is 0.858. The molecule has 0 aromatic heterocycles. The Bertz CT molecular complexity index is 751. The summed E-state index contributed by atoms with van der Waals surface area (Å²) >= 11 is 0. The molecule has 3 nitrogen and oxygen atoms in total. The zero-order chi connectivity index (χ0) is 16.6. The van der Waals surface area contributed by atoms with Gasteiger partial charge >= 0.3 is 0 Å². The Morgan fingerprint density at radius 2 is 1.83 bits per heavy atom. The van der Waals surface area contributed by atoms with E-state index in [0.29, 0.717) is 0 Å². The molecule has 1 aliphatic rings. The molecule has 120 valence electrons. The Hall–Kier alpha value is -2.29. The summed E-state index contributed by atoms with van der Waals surface area (Å²) in [7, 11) is 0. The molecule has 2 aromatic carbocycles. The third kappa shape index (κ3) is 2.83. The average Bonchev–Trinajstić information content (AvgIpc) is 2.86. The molecule has 1 heterocycles. The minimum Gasteiger partial charge on any atom is -0.483 e. The molecule has 1 unspecified atom stereocenters. The van der Waals surface area contributed by atoms with Gasteiger partial charge in [-0.25, -0.2) is 0 Å². The third-order valence-corrected chi connectivity index (χ3v) is 4.69. The minimum atomic E-state index is 0.0164. The topological polar surface area (TPSA) is 29.5 Å². The van der Waals surface area contributed by atoms with E-state index >= 15 is 0 Å². The van der Waals surface area contributed by atoms with Gasteiger partial charge in [0.1, 0.15) is 5.75 Å². The maximum atomic E-state index is 12.7. The molecule has 0 spiro atoms. The van der Waals surface area contributed by atoms with E-state index in [1.807, 2.05) is 43.0 Å². The number of benzene rings is 2. The van der Waals surface area contributed by atoms with Crippen LogP contribution >= 0.6 is 0 Å². The summed E-state index contributed by atoms with van der Waals surface area (Å²) in [5, 5.41) is 0. The Morgan fingerprint density at radius 3 is 2.61 bits per heavy atom. The molecule has 0 fully saturated rings. The Balaban J connectivity index is 1.77. The van der Waals surface area contributed by atoms with Gasteiger partial charge in [-0.2, -0.15) is 0 Å². The van der Waals surface area contributed by atoms with Gasteiger partial charge in [-0.15, -0.1) is 0 Å². The Kier molecular flexibility index (Phi) is 4.12. The van der Waals surface area contributed by atoms with Crippen molar-refractivity contribution in [3.8, 4) is 5.75 Å². The SMILES string of the molecule is Cc1ccc(C)c(OCC(=O)N2c3ccccc3CC2C)c1C. The van der Waals surface area contributed by atoms with Gasteiger partial charge in [0.15, 0.2) is 6.61 Å². The second-order valence-electron chi connectivity index (χ2n) is 6.39. The van der Waals surface area contributed by atoms with E-state index in [9.17, 15) is 4.79 Å². The van der Waals surface area contributed by atoms with Crippen molar-refractivity contribution in [2.24, 2.45) is 0 Å². The predicted molar refractivity (Wildman–Crippen MR) is 93.2 cm³/mol. The van der Waals surface area contributed by atoms with Crippen molar-refractivity contribution in [3.05, 3.63) is 58.7 Å². The summed E-state index contributed by atoms with van der Waals surface area (Å²) in [5.74, 6) is 0.848. The highest BCUT2D eigenvalue weighted by Crippen LogP contribution is 2.32. The van der Waals surface area contributed by atoms with Crippen LogP contribution < -0.4 is 9.64 Å². The van der Waals surface area contributed by atoms with Crippen LogP contribution in [0.1, 0.15) is 29.2 Å². The fourth-order valence-electron chi connectivity index (χ4n) is 3.30. The number of nitrogens with zero attached hydrogens (tertiary/aromatic N) is 1. The van der Waals surface area contributed by atoms with Crippen LogP contribution in [0.3, 0.4) is 0 Å². The molecule has 3 rings (SSSR count). The lowest BCUT2D eigenvalue weighted by Crippen LogP contribution is -2.39. The number of hydrogen-bond acceptors (Lipinski definition) is 2. The average molecular weight is 309 g/mol. The molecule has 0 radical (unpaired) electrons. The molecule has 0 aliphatic carbocycles. The lowest BCUT2D eigenvalue weighted by Gasteiger charge is -2.23. The fraction of sp³-hybridized carbons (Fsp3) is 0.350. The van der Waals surface area contributed by atoms with E-state index in [2.05, 4.69) is 26.0 Å². The predicted octanol–water partition coefficient (Wildman–Crippen LogP) is 3.97. The first kappa shape index (κ1) is 15.6. The number of rotatable bonds is 3. The van der Waals surface area contributed by atoms with Crippen molar-refractivity contribution < 1.29 is 9.53 Å². The van der Waals surface area contributed by atoms with Crippen molar-refractivity contribution in [3.63, 3.8) is 0 Å². The number of carbonyl (C=O) groups excluding carboxylic acids is 1. The second-order valence-corrected chi connectivity index (χ2v) is 6.39. The largest absolute Gasteiger partial charge is 0.483 e. The Labute approximate surface area is 137 Å². The van der Waals surface area contributed by atoms with Gasteiger partial charge in [0.05, 0.1) is 0 Å². The summed E-state index contributed by atoms with van der Waals surface area (Å²) in [6.07, 6.45) is 0.907. The molecular formula is C20H23NO2. The number of para-hydroxylation sites is 1. The van der Waals surface area contributed by atoms with Gasteiger partial charge < -0.3 is 9.64 Å². The first-order valence-corrected chi connectivity index (χ1v) is 8.08. The van der Waals surface area contributed by atoms with Crippen LogP contribution in [0.25, 0.3) is 0 Å². The van der Waals surface area contributed by atoms with Gasteiger partial charge in [-0.1, -0.05) is 30.3 Å². The Morgan fingerprint density at radius 1 is 1.13 bits per heavy atom. The van der Waals surface area contributed by atoms with Crippen molar-refractivity contribution >= 4 is 11.6 Å². The van der Waals surface area contributed by atoms with Crippen LogP contribution in [0, 0.1) is 20.8 Å². The molecule has 0 bridgehead atoms. The van der Waals surface area contributed by atoms with Crippen LogP contribution in [0.2, 0.25) is 0 Å². The number of amides is 1. The monoisotopic (exact) mass is 309 g/mol. The van der Waals surface area contributed by atoms with E-state index in [0.717, 1.165) is 29.0 Å². The van der Waals surface area contributed by atoms with Crippen molar-refractivity contribution in [2.45, 2.75) is 40.2 Å². The summed E-state index contributed by atoms with van der Waals surface area (Å²) in [5.41, 5.74) is 5.60. The molecule has 0 saturated carbocycles. The van der Waals surface area contributed by atoms with Gasteiger partial charge in [0.2, 0.25) is 0 Å². The van der Waals surface area contributed by atoms with Crippen LogP contribution in [0.15, 0.2) is 36.4 Å². The molecule has 3 heteroatoms. The van der Waals surface area contributed by atoms with Gasteiger partial charge in [0.25, 0.3) is 5.91 Å². The van der Waals surface area contributed by atoms with Crippen LogP contribution in [0.5, 0.6) is 5.75 Å². The first-order valence-electron chi connectivity index (χ1n) is 8.08. The van der Waals surface area contributed by atoms with Crippen molar-refractivity contribution in [1.29, 1.82) is 0 Å². The third-order valence-electron chi connectivity index (χ3n) is 4.69. The number of hydrogen-bond donors (Lipinski definition) is 0. The van der Waals surface area contributed by atoms with E-state index < -0.39 is 0 Å². The zero-order valence-electron chi connectivity index (χ0n) is 14.2. The zero-order valence-corrected chi connectivity index (χ0v) is 14.2. The standard InChI is InChI=1S/C20H23NO2/c1-13-9-10-14(2)20(16(13)4)23-12-19(22)21-15(3)11-17-7-5-6-8-18(17)21/h5-10,15H,11-12H2,1-4H3. The van der Waals surface area contributed by atoms with Crippen molar-refractivity contribution in [2.75, 3.05) is 11.5 Å². The molecule has 23 heavy (non-hydrogen) atoms. The van der Waals surface area contributed by atoms with E-state index in [4.69, 9.17) is 4.74 Å². The summed E-state index contributed by atoms with van der Waals surface area (Å²) in [6.45, 7) is 8.27. The molecule has 0 N–H and O–H groups in total. The highest BCUT2D eigenvalue weighted by Gasteiger charge is 2.30. The van der Waals surface area contributed by atoms with Crippen LogP contribution in [-0.4, -0.2) is 18.6 Å². The summed E-state index contributed by atoms with van der Waals surface area (Å²) < 4.78 is 5.89. The highest BCUT2D eigenvalue weighted by molar-refractivity contribution is 5.97. The number of aryl methyl sites for hydroxylation is 2. The maximum absolute atomic E-state index is 12.7. The van der Waals surface area contributed by atoms with Gasteiger partial charge in [-0.05, 0) is 62.4 Å². The second kappa shape index (κ2) is 6.07. The van der Waals surface area contributed by atoms with Crippen LogP contribution in [0.4, 0.5) is 5.69 Å². The normalized spacial score (nSPS) is 16.3. The summed E-state index contributed by atoms with van der Waals surface area (Å²) in [4.78, 5) is 14.6. The molecule has 2 aromatic rings. The fourth-order valence-corrected chi connectivity index (χ4v) is 3.30. The lowest BCUT2D eigenvalue weighted by atomic mass is 10.1. The van der Waals surface area contributed by atoms with Crippen LogP contribution in [-0.2, 0) is 11.2 Å². The minimum absolute atomic E-state index is 0.0164. The molecule has 1 aliphatic heterocycles. The lowest BCUT2D eigenvalue weighted by molar-refractivity contribution is -0.120. The van der Waals surface area contributed by atoms with Crippen molar-refractivity contribution in [1.82, 2.24) is 0 Å². The smallest absolute Gasteiger partial charge is 0.265 e. The number of anilines is 1. The number of carbonyl (C=O) groups is 1. The molecule has 1 atom stereocenters. The van der Waals surface area contributed by atoms with E-state index in [1.165, 1.54) is 11.1 Å². The number of fused-ring (bicyclic) bond motifs is 1. The maximum Gasteiger partial charge on any atom is 0.265 e. The summed E-state index contributed by atoms with van der Waals surface area (Å²) in [6, 6.07) is 12.4. The molecule has 0 saturated heterocycles. The first-order chi connectivity index (χ1) is 11.0. The molecular weight excluding hydrogens is 286 g/mol. The van der Waals surface area contributed by atoms with Gasteiger partial charge in [0, 0.05) is 11.7 Å². The van der Waals surface area contributed by atoms with E-state index in [-0.39, 0.29) is 18.6 Å². The highest BCUT2D eigenvalue weighted by atomic mass is 16.5. The molecule has 1 amide bonds.